The van der Waals surface area contributed by atoms with Crippen molar-refractivity contribution in [2.24, 2.45) is 0 Å². The first kappa shape index (κ1) is 14.5. The van der Waals surface area contributed by atoms with Crippen LogP contribution in [0.5, 0.6) is 0 Å². The predicted molar refractivity (Wildman–Crippen MR) is 99.9 cm³/mol. The third kappa shape index (κ3) is 2.51. The van der Waals surface area contributed by atoms with E-state index in [4.69, 9.17) is 0 Å². The topological polar surface area (TPSA) is 92.3 Å². The zero-order chi connectivity index (χ0) is 17.3. The van der Waals surface area contributed by atoms with Gasteiger partial charge in [0.1, 0.15) is 5.65 Å². The monoisotopic (exact) mass is 339 g/mol. The van der Waals surface area contributed by atoms with Crippen molar-refractivity contribution in [3.05, 3.63) is 67.5 Å². The second kappa shape index (κ2) is 5.89. The van der Waals surface area contributed by atoms with E-state index >= 15 is 0 Å². The molecule has 0 aliphatic carbocycles. The highest BCUT2D eigenvalue weighted by atomic mass is 15.1. The zero-order valence-corrected chi connectivity index (χ0v) is 13.6. The van der Waals surface area contributed by atoms with Crippen molar-refractivity contribution in [1.29, 1.82) is 0 Å². The normalized spacial score (nSPS) is 11.1. The lowest BCUT2D eigenvalue weighted by atomic mass is 10.1. The fraction of sp³-hybridized carbons (Fsp3) is 0. The van der Waals surface area contributed by atoms with Gasteiger partial charge in [0.2, 0.25) is 5.95 Å². The SMILES string of the molecule is c1cc(Nc2ncc3c(-c4ccc5nccnc5c4)c[nH]c3n2)ccn1. The van der Waals surface area contributed by atoms with Gasteiger partial charge in [0, 0.05) is 53.8 Å². The molecule has 0 atom stereocenters. The standard InChI is InChI=1S/C19H13N7/c1-2-16-17(22-8-7-21-16)9-12(1)14-10-23-18-15(14)11-24-19(26-18)25-13-3-5-20-6-4-13/h1-11H,(H2,20,23,24,25,26). The van der Waals surface area contributed by atoms with Crippen molar-refractivity contribution in [2.75, 3.05) is 5.32 Å². The highest BCUT2D eigenvalue weighted by molar-refractivity contribution is 5.95. The van der Waals surface area contributed by atoms with E-state index in [0.717, 1.165) is 38.9 Å². The van der Waals surface area contributed by atoms with Gasteiger partial charge in [-0.3, -0.25) is 15.0 Å². The Morgan fingerprint density at radius 2 is 1.69 bits per heavy atom. The number of nitrogens with one attached hydrogen (secondary N) is 2. The summed E-state index contributed by atoms with van der Waals surface area (Å²) >= 11 is 0. The number of anilines is 2. The van der Waals surface area contributed by atoms with Gasteiger partial charge in [-0.1, -0.05) is 6.07 Å². The maximum atomic E-state index is 4.55. The van der Waals surface area contributed by atoms with Crippen molar-refractivity contribution in [3.8, 4) is 11.1 Å². The van der Waals surface area contributed by atoms with E-state index < -0.39 is 0 Å². The minimum atomic E-state index is 0.529. The molecular weight excluding hydrogens is 326 g/mol. The third-order valence-electron chi connectivity index (χ3n) is 4.15. The van der Waals surface area contributed by atoms with Crippen LogP contribution in [0, 0.1) is 0 Å². The van der Waals surface area contributed by atoms with Gasteiger partial charge in [0.25, 0.3) is 0 Å². The molecule has 7 nitrogen and oxygen atoms in total. The van der Waals surface area contributed by atoms with E-state index in [1.54, 1.807) is 24.8 Å². The molecule has 4 heterocycles. The summed E-state index contributed by atoms with van der Waals surface area (Å²) in [5, 5.41) is 4.12. The molecule has 0 spiro atoms. The van der Waals surface area contributed by atoms with Crippen LogP contribution in [0.25, 0.3) is 33.2 Å². The van der Waals surface area contributed by atoms with E-state index in [1.807, 2.05) is 42.7 Å². The summed E-state index contributed by atoms with van der Waals surface area (Å²) in [4.78, 5) is 24.9. The molecule has 0 aliphatic rings. The first-order valence-electron chi connectivity index (χ1n) is 8.09. The first-order valence-corrected chi connectivity index (χ1v) is 8.09. The summed E-state index contributed by atoms with van der Waals surface area (Å²) < 4.78 is 0. The summed E-state index contributed by atoms with van der Waals surface area (Å²) in [6.45, 7) is 0. The molecular formula is C19H13N7. The fourth-order valence-electron chi connectivity index (χ4n) is 2.90. The van der Waals surface area contributed by atoms with Crippen LogP contribution < -0.4 is 5.32 Å². The summed E-state index contributed by atoms with van der Waals surface area (Å²) in [5.41, 5.74) is 5.46. The summed E-state index contributed by atoms with van der Waals surface area (Å²) in [7, 11) is 0. The van der Waals surface area contributed by atoms with Crippen molar-refractivity contribution in [2.45, 2.75) is 0 Å². The molecule has 0 saturated heterocycles. The molecule has 124 valence electrons. The van der Waals surface area contributed by atoms with Crippen molar-refractivity contribution >= 4 is 33.7 Å². The van der Waals surface area contributed by atoms with E-state index in [0.29, 0.717) is 5.95 Å². The molecule has 0 fully saturated rings. The molecule has 5 rings (SSSR count). The lowest BCUT2D eigenvalue weighted by molar-refractivity contribution is 1.19. The molecule has 0 amide bonds. The molecule has 0 bridgehead atoms. The minimum Gasteiger partial charge on any atom is -0.345 e. The van der Waals surface area contributed by atoms with Crippen LogP contribution in [0.3, 0.4) is 0 Å². The number of hydrogen-bond donors (Lipinski definition) is 2. The summed E-state index contributed by atoms with van der Waals surface area (Å²) in [6, 6.07) is 9.75. The second-order valence-corrected chi connectivity index (χ2v) is 5.78. The van der Waals surface area contributed by atoms with E-state index in [2.05, 4.69) is 35.2 Å². The number of aromatic nitrogens is 6. The van der Waals surface area contributed by atoms with Crippen LogP contribution in [0.15, 0.2) is 67.5 Å². The van der Waals surface area contributed by atoms with Crippen LogP contribution in [0.2, 0.25) is 0 Å². The fourth-order valence-corrected chi connectivity index (χ4v) is 2.90. The average molecular weight is 339 g/mol. The number of rotatable bonds is 3. The minimum absolute atomic E-state index is 0.529. The largest absolute Gasteiger partial charge is 0.345 e. The zero-order valence-electron chi connectivity index (χ0n) is 13.6. The molecule has 1 aromatic carbocycles. The van der Waals surface area contributed by atoms with Gasteiger partial charge >= 0.3 is 0 Å². The Hall–Kier alpha value is -3.87. The van der Waals surface area contributed by atoms with Gasteiger partial charge in [-0.25, -0.2) is 4.98 Å². The Morgan fingerprint density at radius 3 is 2.58 bits per heavy atom. The highest BCUT2D eigenvalue weighted by Crippen LogP contribution is 2.29. The van der Waals surface area contributed by atoms with Gasteiger partial charge in [0.15, 0.2) is 0 Å². The van der Waals surface area contributed by atoms with Crippen molar-refractivity contribution < 1.29 is 0 Å². The molecule has 0 radical (unpaired) electrons. The van der Waals surface area contributed by atoms with Crippen LogP contribution in [0.1, 0.15) is 0 Å². The quantitative estimate of drug-likeness (QED) is 0.520. The van der Waals surface area contributed by atoms with E-state index in [-0.39, 0.29) is 0 Å². The number of fused-ring (bicyclic) bond motifs is 2. The molecule has 0 saturated carbocycles. The number of benzene rings is 1. The molecule has 26 heavy (non-hydrogen) atoms. The number of hydrogen-bond acceptors (Lipinski definition) is 6. The average Bonchev–Trinajstić information content (AvgIpc) is 3.12. The molecule has 0 aliphatic heterocycles. The number of aromatic amines is 1. The van der Waals surface area contributed by atoms with Gasteiger partial charge in [-0.05, 0) is 29.8 Å². The highest BCUT2D eigenvalue weighted by Gasteiger charge is 2.10. The van der Waals surface area contributed by atoms with Crippen LogP contribution >= 0.6 is 0 Å². The summed E-state index contributed by atoms with van der Waals surface area (Å²) in [6.07, 6.45) is 10.6. The molecule has 2 N–H and O–H groups in total. The van der Waals surface area contributed by atoms with Crippen LogP contribution in [-0.2, 0) is 0 Å². The Balaban J connectivity index is 1.54. The number of H-pyrrole nitrogens is 1. The Kier molecular flexibility index (Phi) is 3.28. The molecule has 7 heteroatoms. The number of pyridine rings is 1. The Morgan fingerprint density at radius 1 is 0.846 bits per heavy atom. The van der Waals surface area contributed by atoms with Gasteiger partial charge in [-0.2, -0.15) is 4.98 Å². The maximum absolute atomic E-state index is 4.55. The van der Waals surface area contributed by atoms with Gasteiger partial charge in [-0.15, -0.1) is 0 Å². The maximum Gasteiger partial charge on any atom is 0.229 e. The molecule has 0 unspecified atom stereocenters. The first-order chi connectivity index (χ1) is 12.9. The lowest BCUT2D eigenvalue weighted by Gasteiger charge is -2.04. The van der Waals surface area contributed by atoms with Crippen LogP contribution in [-0.4, -0.2) is 29.9 Å². The van der Waals surface area contributed by atoms with Crippen molar-refractivity contribution in [1.82, 2.24) is 29.9 Å². The lowest BCUT2D eigenvalue weighted by Crippen LogP contribution is -1.96. The van der Waals surface area contributed by atoms with E-state index in [1.165, 1.54) is 0 Å². The second-order valence-electron chi connectivity index (χ2n) is 5.78. The third-order valence-corrected chi connectivity index (χ3v) is 4.15. The van der Waals surface area contributed by atoms with Crippen molar-refractivity contribution in [3.63, 3.8) is 0 Å². The van der Waals surface area contributed by atoms with Gasteiger partial charge in [0.05, 0.1) is 11.0 Å². The summed E-state index contributed by atoms with van der Waals surface area (Å²) in [5.74, 6) is 0.529. The Labute approximate surface area is 148 Å². The molecule has 5 aromatic rings. The number of nitrogens with zero attached hydrogens (tertiary/aromatic N) is 5. The van der Waals surface area contributed by atoms with E-state index in [9.17, 15) is 0 Å². The predicted octanol–water partition coefficient (Wildman–Crippen LogP) is 3.71. The van der Waals surface area contributed by atoms with Gasteiger partial charge < -0.3 is 10.3 Å². The molecule has 4 aromatic heterocycles. The smallest absolute Gasteiger partial charge is 0.229 e. The van der Waals surface area contributed by atoms with Crippen LogP contribution in [0.4, 0.5) is 11.6 Å². The Bertz CT molecular complexity index is 1210.